The zero-order chi connectivity index (χ0) is 20.1. The SMILES string of the molecule is Cc1ccccc1OCCNc1cc(N2C[C@H](C)N[C@@H](C)C2)ccc1[N+](=O)[O-]. The van der Waals surface area contributed by atoms with Crippen LogP contribution in [0.25, 0.3) is 0 Å². The fourth-order valence-corrected chi connectivity index (χ4v) is 3.62. The maximum absolute atomic E-state index is 11.4. The lowest BCUT2D eigenvalue weighted by atomic mass is 10.1. The minimum atomic E-state index is -0.350. The summed E-state index contributed by atoms with van der Waals surface area (Å²) in [5, 5.41) is 18.1. The molecule has 2 atom stereocenters. The summed E-state index contributed by atoms with van der Waals surface area (Å²) in [6, 6.07) is 13.8. The van der Waals surface area contributed by atoms with Gasteiger partial charge in [0.1, 0.15) is 18.0 Å². The van der Waals surface area contributed by atoms with E-state index in [1.54, 1.807) is 6.07 Å². The van der Waals surface area contributed by atoms with Gasteiger partial charge in [0, 0.05) is 43.5 Å². The van der Waals surface area contributed by atoms with E-state index in [0.29, 0.717) is 30.9 Å². The number of anilines is 2. The maximum Gasteiger partial charge on any atom is 0.292 e. The lowest BCUT2D eigenvalue weighted by Crippen LogP contribution is -2.54. The number of hydrogen-bond donors (Lipinski definition) is 2. The molecule has 0 amide bonds. The second-order valence-electron chi connectivity index (χ2n) is 7.37. The molecule has 0 unspecified atom stereocenters. The van der Waals surface area contributed by atoms with Gasteiger partial charge < -0.3 is 20.3 Å². The Labute approximate surface area is 165 Å². The first-order valence-electron chi connectivity index (χ1n) is 9.66. The summed E-state index contributed by atoms with van der Waals surface area (Å²) < 4.78 is 5.78. The van der Waals surface area contributed by atoms with Crippen molar-refractivity contribution in [3.05, 3.63) is 58.1 Å². The summed E-state index contributed by atoms with van der Waals surface area (Å²) in [6.45, 7) is 8.94. The van der Waals surface area contributed by atoms with Crippen molar-refractivity contribution in [1.29, 1.82) is 0 Å². The van der Waals surface area contributed by atoms with Crippen molar-refractivity contribution in [3.63, 3.8) is 0 Å². The van der Waals surface area contributed by atoms with Gasteiger partial charge in [-0.2, -0.15) is 0 Å². The largest absolute Gasteiger partial charge is 0.491 e. The highest BCUT2D eigenvalue weighted by Crippen LogP contribution is 2.30. The standard InChI is InChI=1S/C21H28N4O3/c1-15-6-4-5-7-21(15)28-11-10-22-19-12-18(8-9-20(19)25(26)27)24-13-16(2)23-17(3)14-24/h4-9,12,16-17,22-23H,10-11,13-14H2,1-3H3/t16-,17-/m0/s1. The highest BCUT2D eigenvalue weighted by Gasteiger charge is 2.23. The number of para-hydroxylation sites is 1. The third kappa shape index (κ3) is 4.92. The van der Waals surface area contributed by atoms with Crippen molar-refractivity contribution in [2.45, 2.75) is 32.9 Å². The van der Waals surface area contributed by atoms with Gasteiger partial charge in [0.2, 0.25) is 0 Å². The molecule has 1 aliphatic heterocycles. The number of nitro groups is 1. The number of hydrogen-bond acceptors (Lipinski definition) is 6. The Hall–Kier alpha value is -2.80. The Kier molecular flexibility index (Phi) is 6.36. The minimum Gasteiger partial charge on any atom is -0.491 e. The van der Waals surface area contributed by atoms with E-state index < -0.39 is 0 Å². The molecule has 1 heterocycles. The van der Waals surface area contributed by atoms with E-state index in [1.807, 2.05) is 43.3 Å². The van der Waals surface area contributed by atoms with Crippen LogP contribution in [0.2, 0.25) is 0 Å². The number of nitrogens with one attached hydrogen (secondary N) is 2. The molecule has 3 rings (SSSR count). The zero-order valence-corrected chi connectivity index (χ0v) is 16.6. The summed E-state index contributed by atoms with van der Waals surface area (Å²) in [5.74, 6) is 0.830. The second kappa shape index (κ2) is 8.93. The van der Waals surface area contributed by atoms with Crippen LogP contribution in [0.5, 0.6) is 5.75 Å². The van der Waals surface area contributed by atoms with Gasteiger partial charge in [0.25, 0.3) is 5.69 Å². The van der Waals surface area contributed by atoms with E-state index in [2.05, 4.69) is 29.4 Å². The van der Waals surface area contributed by atoms with E-state index in [9.17, 15) is 10.1 Å². The number of piperazine rings is 1. The Bertz CT molecular complexity index is 817. The predicted molar refractivity (Wildman–Crippen MR) is 113 cm³/mol. The average Bonchev–Trinajstić information content (AvgIpc) is 2.65. The summed E-state index contributed by atoms with van der Waals surface area (Å²) in [4.78, 5) is 13.3. The third-order valence-corrected chi connectivity index (χ3v) is 4.87. The maximum atomic E-state index is 11.4. The van der Waals surface area contributed by atoms with Gasteiger partial charge in [-0.15, -0.1) is 0 Å². The van der Waals surface area contributed by atoms with Crippen LogP contribution in [0.4, 0.5) is 17.1 Å². The topological polar surface area (TPSA) is 79.7 Å². The van der Waals surface area contributed by atoms with Gasteiger partial charge in [0.15, 0.2) is 0 Å². The van der Waals surface area contributed by atoms with Crippen molar-refractivity contribution in [1.82, 2.24) is 5.32 Å². The van der Waals surface area contributed by atoms with E-state index in [1.165, 1.54) is 0 Å². The fraction of sp³-hybridized carbons (Fsp3) is 0.429. The van der Waals surface area contributed by atoms with Crippen LogP contribution < -0.4 is 20.3 Å². The highest BCUT2D eigenvalue weighted by atomic mass is 16.6. The van der Waals surface area contributed by atoms with Crippen molar-refractivity contribution >= 4 is 17.1 Å². The van der Waals surface area contributed by atoms with Crippen molar-refractivity contribution in [2.24, 2.45) is 0 Å². The lowest BCUT2D eigenvalue weighted by Gasteiger charge is -2.37. The number of aryl methyl sites for hydroxylation is 1. The van der Waals surface area contributed by atoms with Gasteiger partial charge in [-0.25, -0.2) is 0 Å². The molecule has 150 valence electrons. The molecule has 2 aromatic rings. The molecule has 0 radical (unpaired) electrons. The van der Waals surface area contributed by atoms with Gasteiger partial charge in [-0.05, 0) is 44.5 Å². The Balaban J connectivity index is 1.68. The predicted octanol–water partition coefficient (Wildman–Crippen LogP) is 3.58. The molecule has 1 aliphatic rings. The lowest BCUT2D eigenvalue weighted by molar-refractivity contribution is -0.383. The van der Waals surface area contributed by atoms with Crippen LogP contribution in [-0.4, -0.2) is 43.2 Å². The number of nitro benzene ring substituents is 1. The van der Waals surface area contributed by atoms with Crippen LogP contribution in [0, 0.1) is 17.0 Å². The molecule has 28 heavy (non-hydrogen) atoms. The highest BCUT2D eigenvalue weighted by molar-refractivity contribution is 5.69. The first-order valence-corrected chi connectivity index (χ1v) is 9.66. The number of benzene rings is 2. The molecule has 2 aromatic carbocycles. The molecule has 0 spiro atoms. The molecule has 0 aliphatic carbocycles. The van der Waals surface area contributed by atoms with Gasteiger partial charge >= 0.3 is 0 Å². The number of ether oxygens (including phenoxy) is 1. The van der Waals surface area contributed by atoms with E-state index >= 15 is 0 Å². The van der Waals surface area contributed by atoms with Crippen molar-refractivity contribution in [3.8, 4) is 5.75 Å². The van der Waals surface area contributed by atoms with Gasteiger partial charge in [-0.3, -0.25) is 10.1 Å². The van der Waals surface area contributed by atoms with Crippen LogP contribution in [0.3, 0.4) is 0 Å². The summed E-state index contributed by atoms with van der Waals surface area (Å²) in [5.41, 5.74) is 2.66. The van der Waals surface area contributed by atoms with Gasteiger partial charge in [-0.1, -0.05) is 18.2 Å². The molecule has 2 N–H and O–H groups in total. The summed E-state index contributed by atoms with van der Waals surface area (Å²) in [6.07, 6.45) is 0. The Morgan fingerprint density at radius 2 is 1.93 bits per heavy atom. The molecular formula is C21H28N4O3. The Morgan fingerprint density at radius 1 is 1.21 bits per heavy atom. The van der Waals surface area contributed by atoms with E-state index in [0.717, 1.165) is 30.1 Å². The van der Waals surface area contributed by atoms with E-state index in [-0.39, 0.29) is 10.6 Å². The van der Waals surface area contributed by atoms with Crippen molar-refractivity contribution in [2.75, 3.05) is 36.5 Å². The second-order valence-corrected chi connectivity index (χ2v) is 7.37. The molecule has 7 nitrogen and oxygen atoms in total. The number of nitrogens with zero attached hydrogens (tertiary/aromatic N) is 2. The molecular weight excluding hydrogens is 356 g/mol. The smallest absolute Gasteiger partial charge is 0.292 e. The molecule has 7 heteroatoms. The quantitative estimate of drug-likeness (QED) is 0.431. The number of rotatable bonds is 7. The molecule has 0 bridgehead atoms. The fourth-order valence-electron chi connectivity index (χ4n) is 3.62. The average molecular weight is 384 g/mol. The summed E-state index contributed by atoms with van der Waals surface area (Å²) >= 11 is 0. The normalized spacial score (nSPS) is 19.3. The summed E-state index contributed by atoms with van der Waals surface area (Å²) in [7, 11) is 0. The first kappa shape index (κ1) is 19.9. The zero-order valence-electron chi connectivity index (χ0n) is 16.6. The first-order chi connectivity index (χ1) is 13.4. The van der Waals surface area contributed by atoms with Gasteiger partial charge in [0.05, 0.1) is 4.92 Å². The van der Waals surface area contributed by atoms with Crippen molar-refractivity contribution < 1.29 is 9.66 Å². The molecule has 0 aromatic heterocycles. The molecule has 1 saturated heterocycles. The van der Waals surface area contributed by atoms with Crippen LogP contribution in [0.1, 0.15) is 19.4 Å². The third-order valence-electron chi connectivity index (χ3n) is 4.87. The minimum absolute atomic E-state index is 0.0795. The van der Waals surface area contributed by atoms with Crippen LogP contribution in [0.15, 0.2) is 42.5 Å². The Morgan fingerprint density at radius 3 is 2.61 bits per heavy atom. The molecule has 1 fully saturated rings. The van der Waals surface area contributed by atoms with Crippen LogP contribution in [-0.2, 0) is 0 Å². The molecule has 0 saturated carbocycles. The van der Waals surface area contributed by atoms with E-state index in [4.69, 9.17) is 4.74 Å². The van der Waals surface area contributed by atoms with Crippen LogP contribution >= 0.6 is 0 Å². The monoisotopic (exact) mass is 384 g/mol.